The summed E-state index contributed by atoms with van der Waals surface area (Å²) in [6.07, 6.45) is 1.89. The van der Waals surface area contributed by atoms with E-state index in [4.69, 9.17) is 5.26 Å². The zero-order valence-electron chi connectivity index (χ0n) is 10.6. The van der Waals surface area contributed by atoms with Crippen LogP contribution in [0.2, 0.25) is 0 Å². The van der Waals surface area contributed by atoms with Crippen LogP contribution in [0.4, 0.5) is 5.13 Å². The number of nitriles is 1. The Morgan fingerprint density at radius 1 is 1.29 bits per heavy atom. The summed E-state index contributed by atoms with van der Waals surface area (Å²) in [5, 5.41) is 19.5. The van der Waals surface area contributed by atoms with Crippen molar-refractivity contribution in [2.75, 3.05) is 18.0 Å². The minimum absolute atomic E-state index is 0.0703. The zero-order chi connectivity index (χ0) is 12.5. The zero-order valence-corrected chi connectivity index (χ0v) is 11.4. The first-order valence-corrected chi connectivity index (χ1v) is 6.81. The Kier molecular flexibility index (Phi) is 3.34. The highest BCUT2D eigenvalue weighted by Gasteiger charge is 2.24. The predicted octanol–water partition coefficient (Wildman–Crippen LogP) is 2.58. The summed E-state index contributed by atoms with van der Waals surface area (Å²) in [6.45, 7) is 8.31. The van der Waals surface area contributed by atoms with Crippen LogP contribution in [-0.4, -0.2) is 23.3 Å². The van der Waals surface area contributed by atoms with Gasteiger partial charge >= 0.3 is 0 Å². The smallest absolute Gasteiger partial charge is 0.208 e. The molecule has 5 heteroatoms. The molecule has 0 atom stereocenters. The van der Waals surface area contributed by atoms with Crippen molar-refractivity contribution in [3.63, 3.8) is 0 Å². The van der Waals surface area contributed by atoms with Crippen molar-refractivity contribution < 1.29 is 0 Å². The quantitative estimate of drug-likeness (QED) is 0.768. The Morgan fingerprint density at radius 2 is 1.94 bits per heavy atom. The van der Waals surface area contributed by atoms with Crippen LogP contribution in [0.25, 0.3) is 0 Å². The first-order valence-electron chi connectivity index (χ1n) is 5.99. The highest BCUT2D eigenvalue weighted by molar-refractivity contribution is 7.15. The van der Waals surface area contributed by atoms with Crippen LogP contribution in [-0.2, 0) is 5.41 Å². The normalized spacial score (nSPS) is 18.1. The molecule has 1 fully saturated rings. The number of piperidine rings is 1. The van der Waals surface area contributed by atoms with E-state index in [0.29, 0.717) is 0 Å². The van der Waals surface area contributed by atoms with E-state index >= 15 is 0 Å². The molecule has 0 radical (unpaired) electrons. The Balaban J connectivity index is 2.05. The van der Waals surface area contributed by atoms with Gasteiger partial charge in [-0.2, -0.15) is 5.26 Å². The van der Waals surface area contributed by atoms with Crippen LogP contribution in [0, 0.1) is 17.2 Å². The molecule has 1 aliphatic heterocycles. The van der Waals surface area contributed by atoms with E-state index in [9.17, 15) is 0 Å². The maximum Gasteiger partial charge on any atom is 0.208 e. The maximum absolute atomic E-state index is 8.86. The number of hydrogen-bond donors (Lipinski definition) is 0. The summed E-state index contributed by atoms with van der Waals surface area (Å²) in [7, 11) is 0. The summed E-state index contributed by atoms with van der Waals surface area (Å²) in [5.41, 5.74) is 0.0703. The fraction of sp³-hybridized carbons (Fsp3) is 0.750. The molecule has 0 N–H and O–H groups in total. The van der Waals surface area contributed by atoms with Crippen LogP contribution in [0.15, 0.2) is 0 Å². The number of aromatic nitrogens is 2. The standard InChI is InChI=1S/C12H18N4S/c1-12(2,3)10-14-15-11(17-10)16-6-4-9(8-13)5-7-16/h9H,4-7H2,1-3H3. The largest absolute Gasteiger partial charge is 0.347 e. The molecule has 0 aliphatic carbocycles. The Morgan fingerprint density at radius 3 is 2.41 bits per heavy atom. The van der Waals surface area contributed by atoms with Crippen LogP contribution >= 0.6 is 11.3 Å². The van der Waals surface area contributed by atoms with Crippen molar-refractivity contribution in [3.8, 4) is 6.07 Å². The van der Waals surface area contributed by atoms with Crippen molar-refractivity contribution in [2.24, 2.45) is 5.92 Å². The molecule has 2 rings (SSSR count). The molecule has 0 aromatic carbocycles. The van der Waals surface area contributed by atoms with Gasteiger partial charge in [0, 0.05) is 24.4 Å². The minimum atomic E-state index is 0.0703. The highest BCUT2D eigenvalue weighted by atomic mass is 32.1. The summed E-state index contributed by atoms with van der Waals surface area (Å²) in [4.78, 5) is 2.25. The molecule has 0 saturated carbocycles. The van der Waals surface area contributed by atoms with Gasteiger partial charge < -0.3 is 4.90 Å². The van der Waals surface area contributed by atoms with Gasteiger partial charge in [-0.05, 0) is 12.8 Å². The van der Waals surface area contributed by atoms with E-state index in [2.05, 4.69) is 41.9 Å². The van der Waals surface area contributed by atoms with Gasteiger partial charge in [-0.15, -0.1) is 10.2 Å². The summed E-state index contributed by atoms with van der Waals surface area (Å²) >= 11 is 1.68. The first-order chi connectivity index (χ1) is 8.00. The summed E-state index contributed by atoms with van der Waals surface area (Å²) in [6, 6.07) is 2.35. The van der Waals surface area contributed by atoms with E-state index < -0.39 is 0 Å². The summed E-state index contributed by atoms with van der Waals surface area (Å²) < 4.78 is 0. The van der Waals surface area contributed by atoms with Crippen LogP contribution in [0.1, 0.15) is 38.6 Å². The second-order valence-electron chi connectivity index (χ2n) is 5.53. The molecule has 1 aliphatic rings. The number of nitrogens with zero attached hydrogens (tertiary/aromatic N) is 4. The van der Waals surface area contributed by atoms with Crippen LogP contribution in [0.5, 0.6) is 0 Å². The molecular formula is C12H18N4S. The lowest BCUT2D eigenvalue weighted by atomic mass is 9.98. The molecular weight excluding hydrogens is 232 g/mol. The van der Waals surface area contributed by atoms with E-state index in [1.165, 1.54) is 0 Å². The fourth-order valence-electron chi connectivity index (χ4n) is 1.85. The minimum Gasteiger partial charge on any atom is -0.347 e. The van der Waals surface area contributed by atoms with E-state index in [-0.39, 0.29) is 11.3 Å². The Hall–Kier alpha value is -1.15. The van der Waals surface area contributed by atoms with Gasteiger partial charge in [-0.3, -0.25) is 0 Å². The van der Waals surface area contributed by atoms with Gasteiger partial charge in [0.25, 0.3) is 0 Å². The molecule has 92 valence electrons. The first kappa shape index (κ1) is 12.3. The van der Waals surface area contributed by atoms with Gasteiger partial charge in [-0.1, -0.05) is 32.1 Å². The molecule has 1 aromatic rings. The SMILES string of the molecule is CC(C)(C)c1nnc(N2CCC(C#N)CC2)s1. The number of rotatable bonds is 1. The summed E-state index contributed by atoms with van der Waals surface area (Å²) in [5.74, 6) is 0.223. The Labute approximate surface area is 106 Å². The van der Waals surface area contributed by atoms with Crippen molar-refractivity contribution in [2.45, 2.75) is 39.0 Å². The van der Waals surface area contributed by atoms with Gasteiger partial charge in [0.05, 0.1) is 6.07 Å². The molecule has 1 aromatic heterocycles. The lowest BCUT2D eigenvalue weighted by Crippen LogP contribution is -2.33. The third-order valence-electron chi connectivity index (χ3n) is 3.00. The molecule has 4 nitrogen and oxygen atoms in total. The molecule has 1 saturated heterocycles. The monoisotopic (exact) mass is 250 g/mol. The second kappa shape index (κ2) is 4.61. The number of anilines is 1. The van der Waals surface area contributed by atoms with Crippen molar-refractivity contribution >= 4 is 16.5 Å². The van der Waals surface area contributed by atoms with Crippen LogP contribution in [0.3, 0.4) is 0 Å². The maximum atomic E-state index is 8.86. The molecule has 0 unspecified atom stereocenters. The third-order valence-corrected chi connectivity index (χ3v) is 4.41. The second-order valence-corrected chi connectivity index (χ2v) is 6.49. The van der Waals surface area contributed by atoms with Crippen LogP contribution < -0.4 is 4.90 Å². The van der Waals surface area contributed by atoms with E-state index in [1.54, 1.807) is 11.3 Å². The topological polar surface area (TPSA) is 52.8 Å². The van der Waals surface area contributed by atoms with E-state index in [1.807, 2.05) is 0 Å². The molecule has 0 amide bonds. The molecule has 17 heavy (non-hydrogen) atoms. The van der Waals surface area contributed by atoms with Crippen molar-refractivity contribution in [1.82, 2.24) is 10.2 Å². The molecule has 2 heterocycles. The van der Waals surface area contributed by atoms with Crippen molar-refractivity contribution in [3.05, 3.63) is 5.01 Å². The van der Waals surface area contributed by atoms with Gasteiger partial charge in [-0.25, -0.2) is 0 Å². The highest BCUT2D eigenvalue weighted by Crippen LogP contribution is 2.31. The molecule has 0 bridgehead atoms. The lowest BCUT2D eigenvalue weighted by Gasteiger charge is -2.28. The fourth-order valence-corrected chi connectivity index (χ4v) is 2.80. The number of hydrogen-bond acceptors (Lipinski definition) is 5. The lowest BCUT2D eigenvalue weighted by molar-refractivity contribution is 0.486. The average molecular weight is 250 g/mol. The van der Waals surface area contributed by atoms with Crippen molar-refractivity contribution in [1.29, 1.82) is 5.26 Å². The third kappa shape index (κ3) is 2.75. The van der Waals surface area contributed by atoms with Gasteiger partial charge in [0.15, 0.2) is 0 Å². The van der Waals surface area contributed by atoms with Gasteiger partial charge in [0.1, 0.15) is 5.01 Å². The average Bonchev–Trinajstić information content (AvgIpc) is 2.78. The van der Waals surface area contributed by atoms with Gasteiger partial charge in [0.2, 0.25) is 5.13 Å². The Bertz CT molecular complexity index is 418. The predicted molar refractivity (Wildman–Crippen MR) is 69.2 cm³/mol. The van der Waals surface area contributed by atoms with E-state index in [0.717, 1.165) is 36.1 Å². The molecule has 0 spiro atoms.